The minimum atomic E-state index is 0.0756. The van der Waals surface area contributed by atoms with Crippen molar-refractivity contribution in [2.24, 2.45) is 0 Å². The van der Waals surface area contributed by atoms with Crippen LogP contribution in [0.2, 0.25) is 0 Å². The monoisotopic (exact) mass is 189 g/mol. The largest absolute Gasteiger partial charge is 0.283 e. The Morgan fingerprint density at radius 3 is 2.67 bits per heavy atom. The summed E-state index contributed by atoms with van der Waals surface area (Å²) in [5, 5.41) is 0.0756. The molecule has 0 unspecified atom stereocenters. The number of rotatable bonds is 3. The fourth-order valence-corrected chi connectivity index (χ4v) is 1.01. The Labute approximate surface area is 78.2 Å². The highest BCUT2D eigenvalue weighted by atomic mass is 32.2. The van der Waals surface area contributed by atoms with Gasteiger partial charge in [0.25, 0.3) is 5.84 Å². The van der Waals surface area contributed by atoms with Crippen LogP contribution in [0.3, 0.4) is 0 Å². The molecule has 70 valence electrons. The first-order valence-electron chi connectivity index (χ1n) is 4.17. The molecule has 4 heteroatoms. The zero-order valence-corrected chi connectivity index (χ0v) is 8.75. The van der Waals surface area contributed by atoms with E-state index in [1.807, 2.05) is 6.92 Å². The Hall–Kier alpha value is -0.510. The van der Waals surface area contributed by atoms with Gasteiger partial charge in [0.1, 0.15) is 11.9 Å². The van der Waals surface area contributed by atoms with Gasteiger partial charge in [-0.3, -0.25) is 9.79 Å². The molecule has 0 radical (unpaired) electrons. The molecule has 0 aliphatic rings. The molecule has 0 aromatic heterocycles. The number of unbranched alkanes of at least 4 members (excludes halogenated alkanes) is 1. The first-order valence-corrected chi connectivity index (χ1v) is 4.99. The highest BCUT2D eigenvalue weighted by molar-refractivity contribution is 8.12. The molecule has 0 heterocycles. The van der Waals surface area contributed by atoms with E-state index in [1.54, 1.807) is 0 Å². The van der Waals surface area contributed by atoms with E-state index < -0.39 is 0 Å². The summed E-state index contributed by atoms with van der Waals surface area (Å²) in [6.45, 7) is 6.57. The molecule has 0 fully saturated rings. The number of hydrogen-bond acceptors (Lipinski definition) is 2. The molecule has 0 bridgehead atoms. The van der Waals surface area contributed by atoms with E-state index >= 15 is 0 Å². The van der Waals surface area contributed by atoms with Crippen molar-refractivity contribution in [1.29, 1.82) is 0 Å². The smallest absolute Gasteiger partial charge is 0.251 e. The normalized spacial score (nSPS) is 11.4. The van der Waals surface area contributed by atoms with Crippen LogP contribution < -0.4 is 9.71 Å². The predicted octanol–water partition coefficient (Wildman–Crippen LogP) is 0.0698. The van der Waals surface area contributed by atoms with Crippen LogP contribution in [-0.4, -0.2) is 17.5 Å². The lowest BCUT2D eigenvalue weighted by Crippen LogP contribution is -2.74. The van der Waals surface area contributed by atoms with Crippen molar-refractivity contribution in [3.05, 3.63) is 0 Å². The van der Waals surface area contributed by atoms with Crippen LogP contribution in [0.4, 0.5) is 0 Å². The van der Waals surface area contributed by atoms with Gasteiger partial charge in [-0.25, -0.2) is 4.72 Å². The van der Waals surface area contributed by atoms with Gasteiger partial charge in [-0.1, -0.05) is 13.3 Å². The summed E-state index contributed by atoms with van der Waals surface area (Å²) < 4.78 is 2.91. The molecule has 0 aliphatic carbocycles. The minimum absolute atomic E-state index is 0.0756. The summed E-state index contributed by atoms with van der Waals surface area (Å²) in [6.07, 6.45) is 2.34. The first-order chi connectivity index (χ1) is 5.66. The van der Waals surface area contributed by atoms with Crippen LogP contribution >= 0.6 is 11.9 Å². The molecule has 3 nitrogen and oxygen atoms in total. The Bertz CT molecular complexity index is 168. The van der Waals surface area contributed by atoms with Gasteiger partial charge < -0.3 is 0 Å². The molecular formula is C8H17N2OS+. The van der Waals surface area contributed by atoms with Gasteiger partial charge in [0.15, 0.2) is 0 Å². The van der Waals surface area contributed by atoms with Gasteiger partial charge in [-0.15, -0.1) is 0 Å². The van der Waals surface area contributed by atoms with Crippen molar-refractivity contribution in [3.8, 4) is 0 Å². The van der Waals surface area contributed by atoms with E-state index in [0.717, 1.165) is 30.7 Å². The van der Waals surface area contributed by atoms with Crippen molar-refractivity contribution in [1.82, 2.24) is 4.72 Å². The topological polar surface area (TPSA) is 43.1 Å². The summed E-state index contributed by atoms with van der Waals surface area (Å²) in [5.41, 5.74) is 0. The summed E-state index contributed by atoms with van der Waals surface area (Å²) in [5.74, 6) is 0.948. The summed E-state index contributed by atoms with van der Waals surface area (Å²) in [4.78, 5) is 13.7. The maximum absolute atomic E-state index is 10.5. The molecule has 0 aromatic carbocycles. The van der Waals surface area contributed by atoms with Crippen LogP contribution in [0, 0.1) is 0 Å². The molecule has 0 spiro atoms. The number of nitrogens with one attached hydrogen (secondary N) is 2. The molecule has 0 atom stereocenters. The number of amidine groups is 1. The Morgan fingerprint density at radius 2 is 2.17 bits per heavy atom. The Morgan fingerprint density at radius 1 is 1.50 bits per heavy atom. The molecule has 0 rings (SSSR count). The van der Waals surface area contributed by atoms with Crippen LogP contribution in [0.25, 0.3) is 0 Å². The van der Waals surface area contributed by atoms with E-state index in [2.05, 4.69) is 16.6 Å². The third-order valence-electron chi connectivity index (χ3n) is 1.27. The van der Waals surface area contributed by atoms with Gasteiger partial charge in [-0.05, 0) is 6.42 Å². The van der Waals surface area contributed by atoms with Gasteiger partial charge in [0.05, 0.1) is 6.54 Å². The zero-order valence-electron chi connectivity index (χ0n) is 7.94. The molecule has 0 saturated heterocycles. The molecule has 0 aromatic rings. The molecular weight excluding hydrogens is 172 g/mol. The highest BCUT2D eigenvalue weighted by Gasteiger charge is 2.01. The van der Waals surface area contributed by atoms with E-state index in [4.69, 9.17) is 0 Å². The van der Waals surface area contributed by atoms with E-state index in [9.17, 15) is 4.79 Å². The zero-order chi connectivity index (χ0) is 9.40. The van der Waals surface area contributed by atoms with Crippen molar-refractivity contribution < 1.29 is 9.79 Å². The predicted molar refractivity (Wildman–Crippen MR) is 52.8 cm³/mol. The SMILES string of the molecule is CCCC[NH+]=C(C)NSC(C)=O. The van der Waals surface area contributed by atoms with Crippen molar-refractivity contribution in [2.75, 3.05) is 6.54 Å². The molecule has 12 heavy (non-hydrogen) atoms. The lowest BCUT2D eigenvalue weighted by molar-refractivity contribution is -0.459. The molecule has 0 amide bonds. The second-order valence-corrected chi connectivity index (χ2v) is 3.58. The highest BCUT2D eigenvalue weighted by Crippen LogP contribution is 1.91. The van der Waals surface area contributed by atoms with Crippen molar-refractivity contribution in [2.45, 2.75) is 33.6 Å². The first kappa shape index (κ1) is 11.5. The Balaban J connectivity index is 3.48. The van der Waals surface area contributed by atoms with Gasteiger partial charge >= 0.3 is 0 Å². The third kappa shape index (κ3) is 7.60. The second-order valence-electron chi connectivity index (χ2n) is 2.60. The quantitative estimate of drug-likeness (QED) is 0.286. The second kappa shape index (κ2) is 7.16. The Kier molecular flexibility index (Phi) is 6.85. The average Bonchev–Trinajstić information content (AvgIpc) is 2.01. The molecule has 0 aliphatic heterocycles. The van der Waals surface area contributed by atoms with Crippen LogP contribution in [0.5, 0.6) is 0 Å². The molecule has 2 N–H and O–H groups in total. The third-order valence-corrected chi connectivity index (χ3v) is 1.96. The fraction of sp³-hybridized carbons (Fsp3) is 0.750. The average molecular weight is 189 g/mol. The minimum Gasteiger partial charge on any atom is -0.283 e. The fourth-order valence-electron chi connectivity index (χ4n) is 0.637. The maximum Gasteiger partial charge on any atom is 0.251 e. The van der Waals surface area contributed by atoms with Gasteiger partial charge in [0, 0.05) is 13.8 Å². The summed E-state index contributed by atoms with van der Waals surface area (Å²) in [7, 11) is 0. The van der Waals surface area contributed by atoms with E-state index in [1.165, 1.54) is 13.3 Å². The van der Waals surface area contributed by atoms with Crippen LogP contribution in [-0.2, 0) is 4.79 Å². The van der Waals surface area contributed by atoms with Gasteiger partial charge in [0.2, 0.25) is 5.12 Å². The van der Waals surface area contributed by atoms with Crippen LogP contribution in [0.15, 0.2) is 0 Å². The summed E-state index contributed by atoms with van der Waals surface area (Å²) in [6, 6.07) is 0. The van der Waals surface area contributed by atoms with Crippen molar-refractivity contribution in [3.63, 3.8) is 0 Å². The molecule has 0 saturated carbocycles. The number of carbonyl (C=O) groups excluding carboxylic acids is 1. The van der Waals surface area contributed by atoms with Crippen LogP contribution in [0.1, 0.15) is 33.6 Å². The number of hydrogen-bond donors (Lipinski definition) is 2. The van der Waals surface area contributed by atoms with E-state index in [0.29, 0.717) is 0 Å². The van der Waals surface area contributed by atoms with Crippen molar-refractivity contribution >= 4 is 22.9 Å². The standard InChI is InChI=1S/C8H16N2OS/c1-4-5-6-9-7(2)10-12-8(3)11/h4-6H2,1-3H3,(H,9,10)/p+1. The number of carbonyl (C=O) groups is 1. The lowest BCUT2D eigenvalue weighted by Gasteiger charge is -1.93. The maximum atomic E-state index is 10.5. The summed E-state index contributed by atoms with van der Waals surface area (Å²) >= 11 is 1.11. The van der Waals surface area contributed by atoms with E-state index in [-0.39, 0.29) is 5.12 Å². The lowest BCUT2D eigenvalue weighted by atomic mass is 10.3. The van der Waals surface area contributed by atoms with Gasteiger partial charge in [-0.2, -0.15) is 0 Å².